The van der Waals surface area contributed by atoms with Crippen molar-refractivity contribution in [2.24, 2.45) is 0 Å². The molecule has 1 saturated carbocycles. The van der Waals surface area contributed by atoms with Crippen LogP contribution in [0.25, 0.3) is 0 Å². The van der Waals surface area contributed by atoms with Gasteiger partial charge >= 0.3 is 0 Å². The van der Waals surface area contributed by atoms with E-state index in [9.17, 15) is 10.2 Å². The van der Waals surface area contributed by atoms with Gasteiger partial charge in [-0.3, -0.25) is 0 Å². The normalized spacial score (nSPS) is 55.5. The van der Waals surface area contributed by atoms with E-state index in [1.807, 2.05) is 0 Å². The lowest BCUT2D eigenvalue weighted by molar-refractivity contribution is 0.0682. The molecule has 1 rings (SSSR count). The molecule has 2 nitrogen and oxygen atoms in total. The van der Waals surface area contributed by atoms with Gasteiger partial charge in [0, 0.05) is 0 Å². The van der Waals surface area contributed by atoms with Crippen molar-refractivity contribution < 1.29 is 10.2 Å². The molecule has 2 unspecified atom stereocenters. The fourth-order valence-electron chi connectivity index (χ4n) is 1.10. The van der Waals surface area contributed by atoms with Crippen LogP contribution in [0.2, 0.25) is 0 Å². The lowest BCUT2D eigenvalue weighted by Crippen LogP contribution is -2.56. The highest BCUT2D eigenvalue weighted by molar-refractivity contribution is 6.35. The first-order chi connectivity index (χ1) is 5.46. The maximum atomic E-state index is 9.36. The molecule has 6 atom stereocenters. The average molecular weight is 254 g/mol. The molecule has 72 valence electrons. The summed E-state index contributed by atoms with van der Waals surface area (Å²) in [6.45, 7) is 0. The van der Waals surface area contributed by atoms with Crippen LogP contribution in [-0.2, 0) is 0 Å². The topological polar surface area (TPSA) is 40.5 Å². The lowest BCUT2D eigenvalue weighted by atomic mass is 9.93. The van der Waals surface area contributed by atoms with Crippen LogP contribution in [-0.4, -0.2) is 43.9 Å². The van der Waals surface area contributed by atoms with E-state index in [1.54, 1.807) is 0 Å². The monoisotopic (exact) mass is 252 g/mol. The molecule has 12 heavy (non-hydrogen) atoms. The van der Waals surface area contributed by atoms with Gasteiger partial charge in [-0.25, -0.2) is 0 Å². The summed E-state index contributed by atoms with van der Waals surface area (Å²) in [6, 6.07) is 0. The summed E-state index contributed by atoms with van der Waals surface area (Å²) in [5.74, 6) is 0. The molecule has 1 aliphatic rings. The van der Waals surface area contributed by atoms with Crippen LogP contribution in [0.3, 0.4) is 0 Å². The van der Waals surface area contributed by atoms with Crippen molar-refractivity contribution in [1.29, 1.82) is 0 Å². The van der Waals surface area contributed by atoms with Crippen molar-refractivity contribution in [2.75, 3.05) is 0 Å². The van der Waals surface area contributed by atoms with Crippen LogP contribution in [0.5, 0.6) is 0 Å². The molecule has 0 amide bonds. The van der Waals surface area contributed by atoms with E-state index < -0.39 is 33.7 Å². The second-order valence-electron chi connectivity index (χ2n) is 2.76. The van der Waals surface area contributed by atoms with Crippen molar-refractivity contribution in [1.82, 2.24) is 0 Å². The largest absolute Gasteiger partial charge is 0.390 e. The summed E-state index contributed by atoms with van der Waals surface area (Å²) in [7, 11) is 0. The Balaban J connectivity index is 2.76. The molecule has 0 aliphatic heterocycles. The van der Waals surface area contributed by atoms with Gasteiger partial charge in [0.15, 0.2) is 0 Å². The summed E-state index contributed by atoms with van der Waals surface area (Å²) in [5, 5.41) is 15.7. The van der Waals surface area contributed by atoms with Gasteiger partial charge in [-0.05, 0) is 0 Å². The molecular formula is C6H8Cl4O2. The van der Waals surface area contributed by atoms with E-state index >= 15 is 0 Å². The van der Waals surface area contributed by atoms with E-state index in [1.165, 1.54) is 0 Å². The first-order valence-electron chi connectivity index (χ1n) is 3.39. The molecule has 0 heterocycles. The number of rotatable bonds is 0. The van der Waals surface area contributed by atoms with Gasteiger partial charge < -0.3 is 10.2 Å². The predicted octanol–water partition coefficient (Wildman–Crippen LogP) is 1.15. The Kier molecular flexibility index (Phi) is 3.79. The quantitative estimate of drug-likeness (QED) is 0.636. The van der Waals surface area contributed by atoms with Gasteiger partial charge in [-0.2, -0.15) is 0 Å². The van der Waals surface area contributed by atoms with Crippen LogP contribution in [0, 0.1) is 0 Å². The number of aliphatic hydroxyl groups excluding tert-OH is 2. The maximum absolute atomic E-state index is 9.36. The summed E-state index contributed by atoms with van der Waals surface area (Å²) < 4.78 is 0. The Hall–Kier alpha value is 1.08. The molecule has 1 aliphatic carbocycles. The van der Waals surface area contributed by atoms with E-state index in [4.69, 9.17) is 46.4 Å². The molecule has 6 heteroatoms. The highest BCUT2D eigenvalue weighted by atomic mass is 35.5. The first kappa shape index (κ1) is 11.2. The fourth-order valence-corrected chi connectivity index (χ4v) is 2.48. The molecule has 0 aromatic heterocycles. The third-order valence-corrected chi connectivity index (χ3v) is 4.29. The van der Waals surface area contributed by atoms with Gasteiger partial charge in [0.1, 0.15) is 0 Å². The minimum Gasteiger partial charge on any atom is -0.390 e. The number of halogens is 4. The van der Waals surface area contributed by atoms with Gasteiger partial charge in [-0.1, -0.05) is 0 Å². The molecule has 0 bridgehead atoms. The Morgan fingerprint density at radius 2 is 0.750 bits per heavy atom. The minimum atomic E-state index is -0.985. The highest BCUT2D eigenvalue weighted by Gasteiger charge is 2.47. The van der Waals surface area contributed by atoms with Gasteiger partial charge in [-0.15, -0.1) is 46.4 Å². The Labute approximate surface area is 90.4 Å². The zero-order valence-corrected chi connectivity index (χ0v) is 8.89. The Morgan fingerprint density at radius 1 is 0.583 bits per heavy atom. The molecular weight excluding hydrogens is 246 g/mol. The SMILES string of the molecule is OC1[C@@H](Cl)[C@@H](Cl)C(O)[C@H](Cl)[C@H]1Cl. The summed E-state index contributed by atoms with van der Waals surface area (Å²) in [5.41, 5.74) is 0. The molecule has 1 fully saturated rings. The zero-order valence-electron chi connectivity index (χ0n) is 5.87. The standard InChI is InChI=1S/C6H8Cl4O2/c7-1-2(8)6(12)4(10)3(9)5(1)11/h1-6,11-12H/t1-,2-,3-,4+,5?,6?/m1/s1. The van der Waals surface area contributed by atoms with Crippen LogP contribution in [0.1, 0.15) is 0 Å². The lowest BCUT2D eigenvalue weighted by Gasteiger charge is -2.38. The smallest absolute Gasteiger partial charge is 0.0897 e. The van der Waals surface area contributed by atoms with Gasteiger partial charge in [0.05, 0.1) is 33.7 Å². The van der Waals surface area contributed by atoms with E-state index in [0.29, 0.717) is 0 Å². The Bertz CT molecular complexity index is 109. The Morgan fingerprint density at radius 3 is 0.917 bits per heavy atom. The zero-order chi connectivity index (χ0) is 9.46. The number of alkyl halides is 4. The average Bonchev–Trinajstić information content (AvgIpc) is 2.08. The third-order valence-electron chi connectivity index (χ3n) is 1.91. The van der Waals surface area contributed by atoms with Gasteiger partial charge in [0.2, 0.25) is 0 Å². The summed E-state index contributed by atoms with van der Waals surface area (Å²) >= 11 is 22.8. The molecule has 0 aromatic carbocycles. The van der Waals surface area contributed by atoms with Crippen molar-refractivity contribution in [3.63, 3.8) is 0 Å². The van der Waals surface area contributed by atoms with Crippen molar-refractivity contribution in [3.05, 3.63) is 0 Å². The summed E-state index contributed by atoms with van der Waals surface area (Å²) in [4.78, 5) is 0. The molecule has 2 N–H and O–H groups in total. The highest BCUT2D eigenvalue weighted by Crippen LogP contribution is 2.34. The second-order valence-corrected chi connectivity index (χ2v) is 4.77. The van der Waals surface area contributed by atoms with Crippen molar-refractivity contribution in [2.45, 2.75) is 33.7 Å². The predicted molar refractivity (Wildman–Crippen MR) is 50.6 cm³/mol. The summed E-state index contributed by atoms with van der Waals surface area (Å²) in [6.07, 6.45) is -1.97. The fraction of sp³-hybridized carbons (Fsp3) is 1.00. The van der Waals surface area contributed by atoms with Gasteiger partial charge in [0.25, 0.3) is 0 Å². The number of aliphatic hydroxyl groups is 2. The van der Waals surface area contributed by atoms with E-state index in [2.05, 4.69) is 0 Å². The van der Waals surface area contributed by atoms with Crippen LogP contribution in [0.15, 0.2) is 0 Å². The molecule has 0 spiro atoms. The van der Waals surface area contributed by atoms with Crippen LogP contribution in [0.4, 0.5) is 0 Å². The number of hydrogen-bond acceptors (Lipinski definition) is 2. The minimum absolute atomic E-state index is 0.765. The van der Waals surface area contributed by atoms with E-state index in [-0.39, 0.29) is 0 Å². The van der Waals surface area contributed by atoms with Crippen molar-refractivity contribution in [3.8, 4) is 0 Å². The van der Waals surface area contributed by atoms with Crippen LogP contribution >= 0.6 is 46.4 Å². The third kappa shape index (κ3) is 1.79. The second kappa shape index (κ2) is 4.07. The van der Waals surface area contributed by atoms with E-state index in [0.717, 1.165) is 0 Å². The molecule has 0 saturated heterocycles. The number of hydrogen-bond donors (Lipinski definition) is 2. The first-order valence-corrected chi connectivity index (χ1v) is 5.14. The molecule has 0 aromatic rings. The maximum Gasteiger partial charge on any atom is 0.0897 e. The van der Waals surface area contributed by atoms with Crippen molar-refractivity contribution >= 4 is 46.4 Å². The van der Waals surface area contributed by atoms with Crippen LogP contribution < -0.4 is 0 Å². The molecule has 0 radical (unpaired) electrons.